The highest BCUT2D eigenvalue weighted by Crippen LogP contribution is 2.51. The first-order chi connectivity index (χ1) is 9.67. The Hall–Kier alpha value is -1.88. The molecule has 4 rings (SSSR count). The Kier molecular flexibility index (Phi) is 2.41. The number of nitrogens with zero attached hydrogens (tertiary/aromatic N) is 1. The summed E-state index contributed by atoms with van der Waals surface area (Å²) in [5, 5.41) is 7.18. The highest BCUT2D eigenvalue weighted by molar-refractivity contribution is 6.32. The smallest absolute Gasteiger partial charge is 0.179 e. The van der Waals surface area contributed by atoms with Crippen molar-refractivity contribution >= 4 is 17.4 Å². The SMILES string of the molecule is Nc1[nH]ncc1-c1cc(Cl)c2c(c1)OCC1(CC1)CO2. The zero-order valence-corrected chi connectivity index (χ0v) is 11.5. The third kappa shape index (κ3) is 1.81. The molecule has 0 unspecified atom stereocenters. The molecule has 6 heteroatoms. The number of aromatic amines is 1. The zero-order chi connectivity index (χ0) is 13.7. The number of anilines is 1. The summed E-state index contributed by atoms with van der Waals surface area (Å²) in [5.74, 6) is 1.81. The molecule has 0 amide bonds. The molecular formula is C14H14ClN3O2. The van der Waals surface area contributed by atoms with Crippen LogP contribution in [-0.4, -0.2) is 23.4 Å². The Morgan fingerprint density at radius 3 is 2.75 bits per heavy atom. The lowest BCUT2D eigenvalue weighted by Crippen LogP contribution is -2.17. The van der Waals surface area contributed by atoms with E-state index in [1.54, 1.807) is 6.20 Å². The van der Waals surface area contributed by atoms with Crippen molar-refractivity contribution in [2.75, 3.05) is 18.9 Å². The van der Waals surface area contributed by atoms with Gasteiger partial charge in [-0.3, -0.25) is 5.10 Å². The number of nitrogens with two attached hydrogens (primary N) is 1. The normalized spacial score (nSPS) is 18.9. The van der Waals surface area contributed by atoms with E-state index in [2.05, 4.69) is 10.2 Å². The predicted octanol–water partition coefficient (Wildman–Crippen LogP) is 2.86. The second-order valence-electron chi connectivity index (χ2n) is 5.56. The Morgan fingerprint density at radius 1 is 1.25 bits per heavy atom. The number of halogens is 1. The van der Waals surface area contributed by atoms with E-state index in [1.165, 1.54) is 0 Å². The lowest BCUT2D eigenvalue weighted by molar-refractivity contribution is 0.197. The van der Waals surface area contributed by atoms with Gasteiger partial charge in [-0.15, -0.1) is 0 Å². The van der Waals surface area contributed by atoms with Crippen LogP contribution >= 0.6 is 11.6 Å². The molecule has 0 saturated heterocycles. The quantitative estimate of drug-likeness (QED) is 0.847. The van der Waals surface area contributed by atoms with Gasteiger partial charge in [-0.05, 0) is 30.5 Å². The van der Waals surface area contributed by atoms with Gasteiger partial charge in [-0.25, -0.2) is 0 Å². The van der Waals surface area contributed by atoms with Gasteiger partial charge in [0.05, 0.1) is 24.4 Å². The van der Waals surface area contributed by atoms with Gasteiger partial charge in [0.25, 0.3) is 0 Å². The van der Waals surface area contributed by atoms with Crippen LogP contribution in [0.2, 0.25) is 5.02 Å². The number of hydrogen-bond donors (Lipinski definition) is 2. The number of fused-ring (bicyclic) bond motifs is 1. The van der Waals surface area contributed by atoms with Crippen molar-refractivity contribution in [1.82, 2.24) is 10.2 Å². The van der Waals surface area contributed by atoms with Gasteiger partial charge in [0.1, 0.15) is 5.82 Å². The molecule has 2 aromatic rings. The molecule has 1 aliphatic carbocycles. The summed E-state index contributed by atoms with van der Waals surface area (Å²) in [5.41, 5.74) is 7.72. The molecule has 1 aromatic heterocycles. The van der Waals surface area contributed by atoms with E-state index >= 15 is 0 Å². The van der Waals surface area contributed by atoms with Crippen LogP contribution in [-0.2, 0) is 0 Å². The maximum atomic E-state index is 6.33. The molecule has 5 nitrogen and oxygen atoms in total. The van der Waals surface area contributed by atoms with Gasteiger partial charge >= 0.3 is 0 Å². The fourth-order valence-corrected chi connectivity index (χ4v) is 2.73. The maximum absolute atomic E-state index is 6.33. The third-order valence-corrected chi connectivity index (χ3v) is 4.28. The predicted molar refractivity (Wildman–Crippen MR) is 76.1 cm³/mol. The topological polar surface area (TPSA) is 73.2 Å². The van der Waals surface area contributed by atoms with Crippen LogP contribution in [0.5, 0.6) is 11.5 Å². The van der Waals surface area contributed by atoms with Gasteiger partial charge < -0.3 is 15.2 Å². The van der Waals surface area contributed by atoms with Crippen molar-refractivity contribution in [3.63, 3.8) is 0 Å². The fourth-order valence-electron chi connectivity index (χ4n) is 2.46. The van der Waals surface area contributed by atoms with Gasteiger partial charge in [-0.2, -0.15) is 5.10 Å². The van der Waals surface area contributed by atoms with E-state index in [4.69, 9.17) is 26.8 Å². The zero-order valence-electron chi connectivity index (χ0n) is 10.8. The van der Waals surface area contributed by atoms with E-state index in [9.17, 15) is 0 Å². The average Bonchev–Trinajstić information content (AvgIpc) is 3.12. The van der Waals surface area contributed by atoms with Crippen LogP contribution in [0.15, 0.2) is 18.3 Å². The molecular weight excluding hydrogens is 278 g/mol. The first kappa shape index (κ1) is 11.9. The second kappa shape index (κ2) is 4.06. The fraction of sp³-hybridized carbons (Fsp3) is 0.357. The standard InChI is InChI=1S/C14H14ClN3O2/c15-10-3-8(9-5-17-18-13(9)16)4-11-12(10)20-7-14(1-2-14)6-19-11/h3-5H,1-2,6-7H2,(H3,16,17,18). The Balaban J connectivity index is 1.77. The molecule has 20 heavy (non-hydrogen) atoms. The molecule has 2 heterocycles. The first-order valence-corrected chi connectivity index (χ1v) is 6.93. The lowest BCUT2D eigenvalue weighted by atomic mass is 10.1. The van der Waals surface area contributed by atoms with Crippen LogP contribution in [0.1, 0.15) is 12.8 Å². The molecule has 0 bridgehead atoms. The second-order valence-corrected chi connectivity index (χ2v) is 5.97. The highest BCUT2D eigenvalue weighted by Gasteiger charge is 2.46. The Bertz CT molecular complexity index is 679. The molecule has 1 aliphatic heterocycles. The number of aromatic nitrogens is 2. The summed E-state index contributed by atoms with van der Waals surface area (Å²) in [4.78, 5) is 0. The van der Waals surface area contributed by atoms with Gasteiger partial charge in [0.2, 0.25) is 0 Å². The third-order valence-electron chi connectivity index (χ3n) is 4.00. The number of hydrogen-bond acceptors (Lipinski definition) is 4. The van der Waals surface area contributed by atoms with E-state index in [0.29, 0.717) is 35.6 Å². The van der Waals surface area contributed by atoms with Crippen molar-refractivity contribution in [3.8, 4) is 22.6 Å². The molecule has 0 radical (unpaired) electrons. The van der Waals surface area contributed by atoms with Crippen LogP contribution < -0.4 is 15.2 Å². The summed E-state index contributed by atoms with van der Waals surface area (Å²) >= 11 is 6.33. The highest BCUT2D eigenvalue weighted by atomic mass is 35.5. The number of H-pyrrole nitrogens is 1. The number of nitrogen functional groups attached to an aromatic ring is 1. The van der Waals surface area contributed by atoms with E-state index in [0.717, 1.165) is 24.0 Å². The number of ether oxygens (including phenoxy) is 2. The molecule has 3 N–H and O–H groups in total. The van der Waals surface area contributed by atoms with Gasteiger partial charge in [0, 0.05) is 11.0 Å². The Morgan fingerprint density at radius 2 is 2.05 bits per heavy atom. The van der Waals surface area contributed by atoms with Crippen LogP contribution in [0.4, 0.5) is 5.82 Å². The van der Waals surface area contributed by atoms with Crippen LogP contribution in [0.25, 0.3) is 11.1 Å². The summed E-state index contributed by atoms with van der Waals surface area (Å²) in [7, 11) is 0. The summed E-state index contributed by atoms with van der Waals surface area (Å²) in [6, 6.07) is 3.74. The molecule has 0 atom stereocenters. The van der Waals surface area contributed by atoms with Crippen molar-refractivity contribution in [3.05, 3.63) is 23.4 Å². The Labute approximate surface area is 121 Å². The van der Waals surface area contributed by atoms with Crippen molar-refractivity contribution in [2.24, 2.45) is 5.41 Å². The summed E-state index contributed by atoms with van der Waals surface area (Å²) in [6.07, 6.45) is 3.98. The summed E-state index contributed by atoms with van der Waals surface area (Å²) in [6.45, 7) is 1.35. The number of nitrogens with one attached hydrogen (secondary N) is 1. The van der Waals surface area contributed by atoms with Crippen molar-refractivity contribution in [2.45, 2.75) is 12.8 Å². The number of benzene rings is 1. The van der Waals surface area contributed by atoms with Crippen molar-refractivity contribution < 1.29 is 9.47 Å². The molecule has 1 saturated carbocycles. The lowest BCUT2D eigenvalue weighted by Gasteiger charge is -2.11. The molecule has 2 aliphatic rings. The van der Waals surface area contributed by atoms with Gasteiger partial charge in [0.15, 0.2) is 11.5 Å². The summed E-state index contributed by atoms with van der Waals surface area (Å²) < 4.78 is 11.8. The van der Waals surface area contributed by atoms with E-state index in [-0.39, 0.29) is 5.41 Å². The van der Waals surface area contributed by atoms with Crippen LogP contribution in [0.3, 0.4) is 0 Å². The average molecular weight is 292 g/mol. The maximum Gasteiger partial charge on any atom is 0.179 e. The van der Waals surface area contributed by atoms with Crippen molar-refractivity contribution in [1.29, 1.82) is 0 Å². The monoisotopic (exact) mass is 291 g/mol. The number of rotatable bonds is 1. The van der Waals surface area contributed by atoms with Crippen LogP contribution in [0, 0.1) is 5.41 Å². The molecule has 104 valence electrons. The van der Waals surface area contributed by atoms with E-state index < -0.39 is 0 Å². The van der Waals surface area contributed by atoms with Gasteiger partial charge in [-0.1, -0.05) is 11.6 Å². The minimum Gasteiger partial charge on any atom is -0.489 e. The first-order valence-electron chi connectivity index (χ1n) is 6.55. The molecule has 1 spiro atoms. The molecule has 1 fully saturated rings. The minimum atomic E-state index is 0.192. The minimum absolute atomic E-state index is 0.192. The van der Waals surface area contributed by atoms with E-state index in [1.807, 2.05) is 12.1 Å². The molecule has 1 aromatic carbocycles. The largest absolute Gasteiger partial charge is 0.489 e.